The summed E-state index contributed by atoms with van der Waals surface area (Å²) in [4.78, 5) is 16.1. The molecule has 1 amide bonds. The predicted octanol–water partition coefficient (Wildman–Crippen LogP) is 2.91. The van der Waals surface area contributed by atoms with E-state index in [1.165, 1.54) is 6.92 Å². The Hall–Kier alpha value is -2.89. The average molecular weight is 310 g/mol. The minimum atomic E-state index is -0.151. The highest BCUT2D eigenvalue weighted by Crippen LogP contribution is 2.33. The van der Waals surface area contributed by atoms with Gasteiger partial charge in [-0.3, -0.25) is 9.48 Å². The lowest BCUT2D eigenvalue weighted by Gasteiger charge is -2.13. The highest BCUT2D eigenvalue weighted by molar-refractivity contribution is 5.96. The van der Waals surface area contributed by atoms with Crippen molar-refractivity contribution in [3.8, 4) is 17.1 Å². The number of methoxy groups -OCH3 is 1. The third-order valence-corrected chi connectivity index (χ3v) is 3.73. The predicted molar refractivity (Wildman–Crippen MR) is 89.5 cm³/mol. The van der Waals surface area contributed by atoms with E-state index in [0.717, 1.165) is 27.9 Å². The van der Waals surface area contributed by atoms with Crippen molar-refractivity contribution in [1.82, 2.24) is 14.8 Å². The zero-order valence-electron chi connectivity index (χ0n) is 13.5. The van der Waals surface area contributed by atoms with Crippen LogP contribution >= 0.6 is 0 Å². The molecule has 0 bridgehead atoms. The molecular formula is C17H18N4O2. The summed E-state index contributed by atoms with van der Waals surface area (Å²) in [6, 6.07) is 7.68. The van der Waals surface area contributed by atoms with E-state index in [1.807, 2.05) is 38.2 Å². The van der Waals surface area contributed by atoms with Crippen LogP contribution in [-0.4, -0.2) is 27.8 Å². The molecule has 0 aliphatic heterocycles. The van der Waals surface area contributed by atoms with Crippen molar-refractivity contribution < 1.29 is 9.53 Å². The fourth-order valence-corrected chi connectivity index (χ4v) is 2.63. The van der Waals surface area contributed by atoms with Gasteiger partial charge in [-0.2, -0.15) is 5.10 Å². The van der Waals surface area contributed by atoms with Gasteiger partial charge in [-0.15, -0.1) is 0 Å². The highest BCUT2D eigenvalue weighted by atomic mass is 16.5. The SMILES string of the molecule is COc1cc2c(C)cc(-c3ccnn3C)nc2cc1NC(C)=O. The molecule has 0 atom stereocenters. The van der Waals surface area contributed by atoms with Gasteiger partial charge in [-0.1, -0.05) is 0 Å². The topological polar surface area (TPSA) is 69.0 Å². The number of fused-ring (bicyclic) bond motifs is 1. The Kier molecular flexibility index (Phi) is 3.73. The summed E-state index contributed by atoms with van der Waals surface area (Å²) in [7, 11) is 3.46. The summed E-state index contributed by atoms with van der Waals surface area (Å²) >= 11 is 0. The summed E-state index contributed by atoms with van der Waals surface area (Å²) in [5, 5.41) is 7.95. The van der Waals surface area contributed by atoms with Gasteiger partial charge in [0, 0.05) is 25.6 Å². The van der Waals surface area contributed by atoms with Crippen LogP contribution in [0.3, 0.4) is 0 Å². The molecule has 23 heavy (non-hydrogen) atoms. The van der Waals surface area contributed by atoms with E-state index < -0.39 is 0 Å². The molecule has 6 nitrogen and oxygen atoms in total. The van der Waals surface area contributed by atoms with Crippen LogP contribution in [-0.2, 0) is 11.8 Å². The smallest absolute Gasteiger partial charge is 0.221 e. The summed E-state index contributed by atoms with van der Waals surface area (Å²) in [5.74, 6) is 0.466. The van der Waals surface area contributed by atoms with E-state index in [9.17, 15) is 4.79 Å². The van der Waals surface area contributed by atoms with Crippen LogP contribution < -0.4 is 10.1 Å². The van der Waals surface area contributed by atoms with Gasteiger partial charge < -0.3 is 10.1 Å². The van der Waals surface area contributed by atoms with E-state index in [-0.39, 0.29) is 5.91 Å². The molecule has 0 saturated heterocycles. The number of rotatable bonds is 3. The lowest BCUT2D eigenvalue weighted by molar-refractivity contribution is -0.114. The first-order valence-corrected chi connectivity index (χ1v) is 7.25. The molecule has 0 spiro atoms. The van der Waals surface area contributed by atoms with Gasteiger partial charge in [-0.25, -0.2) is 4.98 Å². The van der Waals surface area contributed by atoms with Crippen molar-refractivity contribution in [1.29, 1.82) is 0 Å². The van der Waals surface area contributed by atoms with E-state index >= 15 is 0 Å². The number of aromatic nitrogens is 3. The molecule has 0 unspecified atom stereocenters. The van der Waals surface area contributed by atoms with E-state index in [1.54, 1.807) is 18.0 Å². The Morgan fingerprint density at radius 1 is 1.30 bits per heavy atom. The number of nitrogens with zero attached hydrogens (tertiary/aromatic N) is 3. The Labute approximate surface area is 134 Å². The number of hydrogen-bond acceptors (Lipinski definition) is 4. The maximum absolute atomic E-state index is 11.4. The number of carbonyl (C=O) groups excluding carboxylic acids is 1. The van der Waals surface area contributed by atoms with Crippen molar-refractivity contribution in [2.24, 2.45) is 7.05 Å². The molecule has 0 fully saturated rings. The lowest BCUT2D eigenvalue weighted by atomic mass is 10.1. The monoisotopic (exact) mass is 310 g/mol. The van der Waals surface area contributed by atoms with Crippen LogP contribution in [0, 0.1) is 6.92 Å². The maximum Gasteiger partial charge on any atom is 0.221 e. The van der Waals surface area contributed by atoms with E-state index in [0.29, 0.717) is 11.4 Å². The number of pyridine rings is 1. The lowest BCUT2D eigenvalue weighted by Crippen LogP contribution is -2.07. The molecule has 1 aromatic carbocycles. The number of carbonyl (C=O) groups is 1. The summed E-state index contributed by atoms with van der Waals surface area (Å²) < 4.78 is 7.16. The number of hydrogen-bond donors (Lipinski definition) is 1. The van der Waals surface area contributed by atoms with Crippen molar-refractivity contribution in [2.45, 2.75) is 13.8 Å². The van der Waals surface area contributed by atoms with Crippen LogP contribution in [0.15, 0.2) is 30.5 Å². The number of aryl methyl sites for hydroxylation is 2. The molecular weight excluding hydrogens is 292 g/mol. The van der Waals surface area contributed by atoms with Crippen molar-refractivity contribution in [3.63, 3.8) is 0 Å². The fourth-order valence-electron chi connectivity index (χ4n) is 2.63. The van der Waals surface area contributed by atoms with Crippen molar-refractivity contribution in [2.75, 3.05) is 12.4 Å². The van der Waals surface area contributed by atoms with Crippen LogP contribution in [0.1, 0.15) is 12.5 Å². The minimum absolute atomic E-state index is 0.151. The molecule has 0 radical (unpaired) electrons. The Balaban J connectivity index is 2.22. The maximum atomic E-state index is 11.4. The summed E-state index contributed by atoms with van der Waals surface area (Å²) in [6.07, 6.45) is 1.74. The Morgan fingerprint density at radius 3 is 2.70 bits per heavy atom. The molecule has 2 aromatic heterocycles. The van der Waals surface area contributed by atoms with Gasteiger partial charge in [0.15, 0.2) is 0 Å². The Bertz CT molecular complexity index is 899. The first-order valence-electron chi connectivity index (χ1n) is 7.25. The zero-order chi connectivity index (χ0) is 16.6. The number of nitrogens with one attached hydrogen (secondary N) is 1. The van der Waals surface area contributed by atoms with Crippen molar-refractivity contribution >= 4 is 22.5 Å². The van der Waals surface area contributed by atoms with E-state index in [4.69, 9.17) is 9.72 Å². The van der Waals surface area contributed by atoms with Gasteiger partial charge in [0.2, 0.25) is 5.91 Å². The molecule has 1 N–H and O–H groups in total. The minimum Gasteiger partial charge on any atom is -0.495 e. The number of ether oxygens (including phenoxy) is 1. The second kappa shape index (κ2) is 5.72. The number of benzene rings is 1. The summed E-state index contributed by atoms with van der Waals surface area (Å²) in [5.41, 5.74) is 4.27. The third-order valence-electron chi connectivity index (χ3n) is 3.73. The standard InChI is InChI=1S/C17H18N4O2/c1-10-7-14(16-5-6-18-21(16)3)20-13-9-15(19-11(2)22)17(23-4)8-12(10)13/h5-9H,1-4H3,(H,19,22). The zero-order valence-corrected chi connectivity index (χ0v) is 13.5. The normalized spacial score (nSPS) is 10.8. The highest BCUT2D eigenvalue weighted by Gasteiger charge is 2.12. The van der Waals surface area contributed by atoms with Gasteiger partial charge in [-0.05, 0) is 36.8 Å². The molecule has 0 aliphatic rings. The molecule has 2 heterocycles. The van der Waals surface area contributed by atoms with Crippen LogP contribution in [0.5, 0.6) is 5.75 Å². The Morgan fingerprint density at radius 2 is 2.09 bits per heavy atom. The van der Waals surface area contributed by atoms with Gasteiger partial charge >= 0.3 is 0 Å². The summed E-state index contributed by atoms with van der Waals surface area (Å²) in [6.45, 7) is 3.50. The van der Waals surface area contributed by atoms with Crippen LogP contribution in [0.2, 0.25) is 0 Å². The quantitative estimate of drug-likeness (QED) is 0.807. The van der Waals surface area contributed by atoms with Crippen LogP contribution in [0.25, 0.3) is 22.3 Å². The van der Waals surface area contributed by atoms with Crippen LogP contribution in [0.4, 0.5) is 5.69 Å². The largest absolute Gasteiger partial charge is 0.495 e. The number of amides is 1. The molecule has 0 saturated carbocycles. The second-order valence-electron chi connectivity index (χ2n) is 5.42. The van der Waals surface area contributed by atoms with Gasteiger partial charge in [0.25, 0.3) is 0 Å². The first-order chi connectivity index (χ1) is 11.0. The fraction of sp³-hybridized carbons (Fsp3) is 0.235. The third kappa shape index (κ3) is 2.75. The number of anilines is 1. The molecule has 3 aromatic rings. The first kappa shape index (κ1) is 15.0. The molecule has 0 aliphatic carbocycles. The van der Waals surface area contributed by atoms with Crippen molar-refractivity contribution in [3.05, 3.63) is 36.0 Å². The molecule has 3 rings (SSSR count). The average Bonchev–Trinajstić information content (AvgIpc) is 2.92. The van der Waals surface area contributed by atoms with E-state index in [2.05, 4.69) is 10.4 Å². The van der Waals surface area contributed by atoms with Gasteiger partial charge in [0.1, 0.15) is 5.75 Å². The molecule has 118 valence electrons. The van der Waals surface area contributed by atoms with Gasteiger partial charge in [0.05, 0.1) is 29.7 Å². The second-order valence-corrected chi connectivity index (χ2v) is 5.42. The molecule has 6 heteroatoms.